The number of hydrogen-bond acceptors (Lipinski definition) is 5. The van der Waals surface area contributed by atoms with Gasteiger partial charge < -0.3 is 10.1 Å². The van der Waals surface area contributed by atoms with Crippen LogP contribution in [0.2, 0.25) is 0 Å². The quantitative estimate of drug-likeness (QED) is 0.736. The summed E-state index contributed by atoms with van der Waals surface area (Å²) >= 11 is 0. The Morgan fingerprint density at radius 2 is 2.05 bits per heavy atom. The molecular formula is C12H20ClN3O4S. The zero-order valence-electron chi connectivity index (χ0n) is 12.4. The lowest BCUT2D eigenvalue weighted by Gasteiger charge is -2.12. The van der Waals surface area contributed by atoms with E-state index in [0.717, 1.165) is 0 Å². The first kappa shape index (κ1) is 17.9. The second-order valence-electron chi connectivity index (χ2n) is 5.06. The predicted molar refractivity (Wildman–Crippen MR) is 79.1 cm³/mol. The normalized spacial score (nSPS) is 13.4. The van der Waals surface area contributed by atoms with Gasteiger partial charge in [0.05, 0.1) is 5.69 Å². The summed E-state index contributed by atoms with van der Waals surface area (Å²) in [7, 11) is 2.92. The number of carbonyl (C=O) groups is 1. The Hall–Kier alpha value is -1.12. The van der Waals surface area contributed by atoms with Crippen LogP contribution in [0, 0.1) is 0 Å². The molecule has 1 unspecified atom stereocenters. The van der Waals surface area contributed by atoms with Crippen molar-refractivity contribution < 1.29 is 17.9 Å². The fourth-order valence-corrected chi connectivity index (χ4v) is 3.18. The van der Waals surface area contributed by atoms with Crippen molar-refractivity contribution in [2.45, 2.75) is 44.0 Å². The Kier molecular flexibility index (Phi) is 6.18. The fourth-order valence-electron chi connectivity index (χ4n) is 1.80. The van der Waals surface area contributed by atoms with E-state index in [-0.39, 0.29) is 22.5 Å². The second kappa shape index (κ2) is 7.24. The standard InChI is InChI=1S/C12H20ClN3O4S/c1-7(2)9-11(21(13,18)19)10(16-15-9)12(17)14-8(3)5-6-20-4/h7-8H,5-6H2,1-4H3,(H,14,17)(H,15,16). The number of carbonyl (C=O) groups excluding carboxylic acids is 1. The van der Waals surface area contributed by atoms with Gasteiger partial charge in [-0.3, -0.25) is 9.89 Å². The minimum absolute atomic E-state index is 0.159. The number of H-pyrrole nitrogens is 1. The zero-order chi connectivity index (χ0) is 16.2. The number of ether oxygens (including phenoxy) is 1. The van der Waals surface area contributed by atoms with E-state index in [1.165, 1.54) is 0 Å². The van der Waals surface area contributed by atoms with E-state index in [0.29, 0.717) is 18.7 Å². The molecule has 0 aliphatic rings. The molecule has 1 heterocycles. The number of halogens is 1. The fraction of sp³-hybridized carbons (Fsp3) is 0.667. The van der Waals surface area contributed by atoms with E-state index < -0.39 is 15.0 Å². The van der Waals surface area contributed by atoms with Gasteiger partial charge in [0.1, 0.15) is 4.90 Å². The molecule has 0 saturated heterocycles. The number of aromatic amines is 1. The van der Waals surface area contributed by atoms with Gasteiger partial charge in [-0.25, -0.2) is 8.42 Å². The number of aromatic nitrogens is 2. The highest BCUT2D eigenvalue weighted by Crippen LogP contribution is 2.27. The molecule has 1 atom stereocenters. The maximum atomic E-state index is 12.2. The van der Waals surface area contributed by atoms with E-state index in [2.05, 4.69) is 15.5 Å². The topological polar surface area (TPSA) is 101 Å². The maximum Gasteiger partial charge on any atom is 0.273 e. The molecule has 21 heavy (non-hydrogen) atoms. The third-order valence-corrected chi connectivity index (χ3v) is 4.28. The highest BCUT2D eigenvalue weighted by atomic mass is 35.7. The number of hydrogen-bond donors (Lipinski definition) is 2. The summed E-state index contributed by atoms with van der Waals surface area (Å²) in [6.07, 6.45) is 0.604. The van der Waals surface area contributed by atoms with Gasteiger partial charge in [0.15, 0.2) is 5.69 Å². The van der Waals surface area contributed by atoms with Crippen molar-refractivity contribution in [2.24, 2.45) is 0 Å². The van der Waals surface area contributed by atoms with Crippen molar-refractivity contribution >= 4 is 25.6 Å². The highest BCUT2D eigenvalue weighted by molar-refractivity contribution is 8.13. The summed E-state index contributed by atoms with van der Waals surface area (Å²) in [5.41, 5.74) is 0.109. The van der Waals surface area contributed by atoms with Gasteiger partial charge >= 0.3 is 0 Å². The van der Waals surface area contributed by atoms with Crippen LogP contribution in [-0.4, -0.2) is 44.3 Å². The Labute approximate surface area is 128 Å². The molecule has 0 bridgehead atoms. The number of amides is 1. The number of rotatable bonds is 7. The summed E-state index contributed by atoms with van der Waals surface area (Å²) < 4.78 is 28.3. The molecule has 1 rings (SSSR count). The molecule has 120 valence electrons. The molecule has 0 aliphatic heterocycles. The van der Waals surface area contributed by atoms with E-state index in [4.69, 9.17) is 15.4 Å². The Morgan fingerprint density at radius 1 is 1.43 bits per heavy atom. The molecule has 1 amide bonds. The predicted octanol–water partition coefficient (Wildman–Crippen LogP) is 1.62. The molecule has 7 nitrogen and oxygen atoms in total. The Bertz CT molecular complexity index is 598. The number of methoxy groups -OCH3 is 1. The molecule has 1 aromatic rings. The molecule has 0 aliphatic carbocycles. The van der Waals surface area contributed by atoms with Crippen LogP contribution in [-0.2, 0) is 13.8 Å². The lowest BCUT2D eigenvalue weighted by atomic mass is 10.1. The van der Waals surface area contributed by atoms with Crippen molar-refractivity contribution in [3.63, 3.8) is 0 Å². The van der Waals surface area contributed by atoms with Gasteiger partial charge in [0.25, 0.3) is 15.0 Å². The van der Waals surface area contributed by atoms with Crippen molar-refractivity contribution in [1.29, 1.82) is 0 Å². The highest BCUT2D eigenvalue weighted by Gasteiger charge is 2.30. The van der Waals surface area contributed by atoms with Crippen LogP contribution in [0.3, 0.4) is 0 Å². The smallest absolute Gasteiger partial charge is 0.273 e. The molecular weight excluding hydrogens is 318 g/mol. The summed E-state index contributed by atoms with van der Waals surface area (Å²) in [4.78, 5) is 11.9. The van der Waals surface area contributed by atoms with Crippen LogP contribution in [0.25, 0.3) is 0 Å². The van der Waals surface area contributed by atoms with Gasteiger partial charge in [-0.1, -0.05) is 13.8 Å². The lowest BCUT2D eigenvalue weighted by molar-refractivity contribution is 0.0921. The van der Waals surface area contributed by atoms with E-state index >= 15 is 0 Å². The van der Waals surface area contributed by atoms with E-state index in [1.807, 2.05) is 0 Å². The molecule has 0 fully saturated rings. The van der Waals surface area contributed by atoms with Gasteiger partial charge in [0, 0.05) is 30.4 Å². The van der Waals surface area contributed by atoms with Crippen molar-refractivity contribution in [1.82, 2.24) is 15.5 Å². The first-order valence-electron chi connectivity index (χ1n) is 6.51. The van der Waals surface area contributed by atoms with Crippen LogP contribution in [0.1, 0.15) is 49.3 Å². The van der Waals surface area contributed by atoms with Gasteiger partial charge in [0.2, 0.25) is 0 Å². The molecule has 2 N–H and O–H groups in total. The monoisotopic (exact) mass is 337 g/mol. The van der Waals surface area contributed by atoms with Crippen molar-refractivity contribution in [2.75, 3.05) is 13.7 Å². The minimum atomic E-state index is -4.07. The number of nitrogens with one attached hydrogen (secondary N) is 2. The second-order valence-corrected chi connectivity index (χ2v) is 7.57. The summed E-state index contributed by atoms with van der Waals surface area (Å²) in [6.45, 7) is 5.84. The van der Waals surface area contributed by atoms with Gasteiger partial charge in [-0.05, 0) is 19.3 Å². The SMILES string of the molecule is COCCC(C)NC(=O)c1n[nH]c(C(C)C)c1S(=O)(=O)Cl. The summed E-state index contributed by atoms with van der Waals surface area (Å²) in [5.74, 6) is -0.741. The maximum absolute atomic E-state index is 12.2. The van der Waals surface area contributed by atoms with Gasteiger partial charge in [-0.15, -0.1) is 0 Å². The van der Waals surface area contributed by atoms with Crippen molar-refractivity contribution in [3.8, 4) is 0 Å². The van der Waals surface area contributed by atoms with Crippen LogP contribution in [0.4, 0.5) is 0 Å². The third-order valence-electron chi connectivity index (χ3n) is 2.92. The molecule has 0 spiro atoms. The lowest BCUT2D eigenvalue weighted by Crippen LogP contribution is -2.34. The summed E-state index contributed by atoms with van der Waals surface area (Å²) in [6, 6.07) is -0.178. The van der Waals surface area contributed by atoms with Crippen LogP contribution < -0.4 is 5.32 Å². The van der Waals surface area contributed by atoms with Crippen LogP contribution in [0.5, 0.6) is 0 Å². The van der Waals surface area contributed by atoms with Crippen LogP contribution in [0.15, 0.2) is 4.90 Å². The Balaban J connectivity index is 3.06. The molecule has 9 heteroatoms. The van der Waals surface area contributed by atoms with Crippen molar-refractivity contribution in [3.05, 3.63) is 11.4 Å². The largest absolute Gasteiger partial charge is 0.385 e. The van der Waals surface area contributed by atoms with E-state index in [9.17, 15) is 13.2 Å². The molecule has 0 saturated carbocycles. The molecule has 1 aromatic heterocycles. The summed E-state index contributed by atoms with van der Waals surface area (Å²) in [5, 5.41) is 9.05. The average Bonchev–Trinajstić information content (AvgIpc) is 2.81. The number of nitrogens with zero attached hydrogens (tertiary/aromatic N) is 1. The Morgan fingerprint density at radius 3 is 2.52 bits per heavy atom. The minimum Gasteiger partial charge on any atom is -0.385 e. The first-order valence-corrected chi connectivity index (χ1v) is 8.82. The van der Waals surface area contributed by atoms with Crippen LogP contribution >= 0.6 is 10.7 Å². The zero-order valence-corrected chi connectivity index (χ0v) is 14.0. The van der Waals surface area contributed by atoms with Gasteiger partial charge in [-0.2, -0.15) is 5.10 Å². The van der Waals surface area contributed by atoms with E-state index in [1.54, 1.807) is 27.9 Å². The first-order chi connectivity index (χ1) is 9.68. The average molecular weight is 338 g/mol. The molecule has 0 aromatic carbocycles. The third kappa shape index (κ3) is 4.69. The molecule has 0 radical (unpaired) electrons.